The zero-order chi connectivity index (χ0) is 29.4. The predicted molar refractivity (Wildman–Crippen MR) is 130 cm³/mol. The number of hydrogen-bond acceptors (Lipinski definition) is 8. The van der Waals surface area contributed by atoms with Crippen LogP contribution in [0.15, 0.2) is 42.6 Å². The van der Waals surface area contributed by atoms with Crippen molar-refractivity contribution in [1.82, 2.24) is 15.0 Å². The minimum absolute atomic E-state index is 0.0549. The molecule has 4 N–H and O–H groups in total. The van der Waals surface area contributed by atoms with Crippen molar-refractivity contribution in [2.24, 2.45) is 0 Å². The van der Waals surface area contributed by atoms with Crippen LogP contribution in [0.3, 0.4) is 0 Å². The molecule has 0 unspecified atom stereocenters. The second kappa shape index (κ2) is 12.0. The van der Waals surface area contributed by atoms with Crippen LogP contribution in [0.25, 0.3) is 11.3 Å². The largest absolute Gasteiger partial charge is 0.416 e. The molecular weight excluding hydrogens is 568 g/mol. The normalized spacial score (nSPS) is 25.1. The molecule has 1 fully saturated rings. The molecule has 1 saturated heterocycles. The van der Waals surface area contributed by atoms with Crippen molar-refractivity contribution in [3.05, 3.63) is 71.2 Å². The lowest BCUT2D eigenvalue weighted by atomic mass is 9.97. The number of aliphatic hydroxyl groups excluding tert-OH is 4. The van der Waals surface area contributed by atoms with Gasteiger partial charge in [-0.25, -0.2) is 17.9 Å². The summed E-state index contributed by atoms with van der Waals surface area (Å²) < 4.78 is 88.7. The fourth-order valence-corrected chi connectivity index (χ4v) is 6.03. The van der Waals surface area contributed by atoms with Crippen LogP contribution in [0, 0.1) is 17.5 Å². The first-order chi connectivity index (χ1) is 18.9. The lowest BCUT2D eigenvalue weighted by molar-refractivity contribution is -0.178. The zero-order valence-corrected chi connectivity index (χ0v) is 21.5. The Morgan fingerprint density at radius 3 is 2.33 bits per heavy atom. The third-order valence-corrected chi connectivity index (χ3v) is 8.08. The summed E-state index contributed by atoms with van der Waals surface area (Å²) >= 11 is 0.671. The van der Waals surface area contributed by atoms with Gasteiger partial charge in [0.1, 0.15) is 35.5 Å². The summed E-state index contributed by atoms with van der Waals surface area (Å²) in [4.78, 5) is 0. The number of thioether (sulfide) groups is 1. The van der Waals surface area contributed by atoms with Crippen LogP contribution >= 0.6 is 11.8 Å². The van der Waals surface area contributed by atoms with Crippen LogP contribution in [0.4, 0.5) is 26.3 Å². The van der Waals surface area contributed by atoms with E-state index >= 15 is 0 Å². The highest BCUT2D eigenvalue weighted by Gasteiger charge is 2.48. The average molecular weight is 594 g/mol. The molecule has 1 aromatic heterocycles. The number of aromatic nitrogens is 3. The van der Waals surface area contributed by atoms with Crippen LogP contribution in [-0.2, 0) is 10.9 Å². The van der Waals surface area contributed by atoms with Crippen molar-refractivity contribution >= 4 is 11.8 Å². The fraction of sp³-hybridized carbons (Fsp3) is 0.440. The van der Waals surface area contributed by atoms with Crippen molar-refractivity contribution in [1.29, 1.82) is 0 Å². The van der Waals surface area contributed by atoms with Gasteiger partial charge in [-0.05, 0) is 30.2 Å². The molecule has 7 atom stereocenters. The lowest BCUT2D eigenvalue weighted by Crippen LogP contribution is -2.55. The Morgan fingerprint density at radius 1 is 1.07 bits per heavy atom. The zero-order valence-electron chi connectivity index (χ0n) is 20.7. The van der Waals surface area contributed by atoms with Crippen LogP contribution in [0.5, 0.6) is 0 Å². The first-order valence-electron chi connectivity index (χ1n) is 12.1. The van der Waals surface area contributed by atoms with Gasteiger partial charge < -0.3 is 25.2 Å². The second-order valence-electron chi connectivity index (χ2n) is 9.15. The Kier molecular flexibility index (Phi) is 9.11. The molecule has 40 heavy (non-hydrogen) atoms. The fourth-order valence-electron chi connectivity index (χ4n) is 4.48. The molecular formula is C25H25F6N3O5S. The summed E-state index contributed by atoms with van der Waals surface area (Å²) in [7, 11) is 0. The number of hydrogen-bond donors (Lipinski definition) is 4. The molecule has 0 saturated carbocycles. The van der Waals surface area contributed by atoms with E-state index in [-0.39, 0.29) is 23.2 Å². The summed E-state index contributed by atoms with van der Waals surface area (Å²) in [5, 5.41) is 48.9. The van der Waals surface area contributed by atoms with Gasteiger partial charge in [-0.1, -0.05) is 30.3 Å². The van der Waals surface area contributed by atoms with E-state index in [0.29, 0.717) is 23.9 Å². The SMILES string of the molecule is CC[C@H](O)[C@H](S[C@@H]1O[C@H](CO)[C@H](O)[C@H](n2cc(-c3cc(F)c(F)c(F)c3)nn2)[C@H]1O)c1ccccc1C(F)(F)F. The number of aliphatic hydroxyl groups is 4. The summed E-state index contributed by atoms with van der Waals surface area (Å²) in [5.74, 6) is -4.65. The predicted octanol–water partition coefficient (Wildman–Crippen LogP) is 3.61. The van der Waals surface area contributed by atoms with E-state index in [2.05, 4.69) is 10.3 Å². The van der Waals surface area contributed by atoms with Crippen LogP contribution in [-0.4, -0.2) is 71.9 Å². The van der Waals surface area contributed by atoms with Crippen molar-refractivity contribution < 1.29 is 51.5 Å². The van der Waals surface area contributed by atoms with Gasteiger partial charge in [0.05, 0.1) is 29.7 Å². The van der Waals surface area contributed by atoms with Gasteiger partial charge in [-0.2, -0.15) is 13.2 Å². The number of rotatable bonds is 8. The lowest BCUT2D eigenvalue weighted by Gasteiger charge is -2.43. The maximum atomic E-state index is 13.8. The van der Waals surface area contributed by atoms with Gasteiger partial charge in [0, 0.05) is 5.56 Å². The number of halogens is 6. The minimum atomic E-state index is -4.74. The third-order valence-electron chi connectivity index (χ3n) is 6.56. The first-order valence-corrected chi connectivity index (χ1v) is 13.0. The molecule has 0 radical (unpaired) electrons. The second-order valence-corrected chi connectivity index (χ2v) is 10.4. The van der Waals surface area contributed by atoms with Crippen molar-refractivity contribution in [3.63, 3.8) is 0 Å². The summed E-state index contributed by atoms with van der Waals surface area (Å²) in [6.07, 6.45) is -9.49. The van der Waals surface area contributed by atoms with Crippen molar-refractivity contribution in [3.8, 4) is 11.3 Å². The molecule has 0 bridgehead atoms. The number of benzene rings is 2. The highest BCUT2D eigenvalue weighted by molar-refractivity contribution is 8.00. The topological polar surface area (TPSA) is 121 Å². The molecule has 2 aromatic carbocycles. The van der Waals surface area contributed by atoms with Crippen molar-refractivity contribution in [2.45, 2.75) is 60.7 Å². The Hall–Kier alpha value is -2.69. The van der Waals surface area contributed by atoms with Crippen LogP contribution < -0.4 is 0 Å². The Bertz CT molecular complexity index is 1310. The Balaban J connectivity index is 1.68. The first kappa shape index (κ1) is 30.3. The minimum Gasteiger partial charge on any atom is -0.394 e. The molecule has 8 nitrogen and oxygen atoms in total. The van der Waals surface area contributed by atoms with Crippen LogP contribution in [0.1, 0.15) is 35.8 Å². The van der Waals surface area contributed by atoms with E-state index in [0.717, 1.165) is 16.9 Å². The van der Waals surface area contributed by atoms with Crippen LogP contribution in [0.2, 0.25) is 0 Å². The standard InChI is InChI=1S/C25H25F6N3O5S/c1-2-17(36)23(12-5-3-4-6-13(12)25(29,30)31)40-24-22(38)20(21(37)18(10-35)39-24)34-9-16(32-33-34)11-7-14(26)19(28)15(27)8-11/h3-9,17-18,20-24,35-38H,2,10H2,1H3/t17-,18+,20-,21-,22+,23+,24-/m0/s1. The van der Waals surface area contributed by atoms with Gasteiger partial charge in [0.2, 0.25) is 0 Å². The van der Waals surface area contributed by atoms with E-state index in [1.165, 1.54) is 18.2 Å². The average Bonchev–Trinajstić information content (AvgIpc) is 3.40. The smallest absolute Gasteiger partial charge is 0.394 e. The highest BCUT2D eigenvalue weighted by atomic mass is 32.2. The molecule has 1 aliphatic heterocycles. The van der Waals surface area contributed by atoms with Gasteiger partial charge >= 0.3 is 6.18 Å². The number of alkyl halides is 3. The monoisotopic (exact) mass is 593 g/mol. The molecule has 2 heterocycles. The number of nitrogens with zero attached hydrogens (tertiary/aromatic N) is 3. The summed E-state index contributed by atoms with van der Waals surface area (Å²) in [6.45, 7) is 0.811. The maximum absolute atomic E-state index is 13.8. The molecule has 218 valence electrons. The van der Waals surface area contributed by atoms with E-state index in [1.54, 1.807) is 6.92 Å². The molecule has 1 aliphatic rings. The highest BCUT2D eigenvalue weighted by Crippen LogP contribution is 2.46. The molecule has 3 aromatic rings. The Labute approximate surface area is 228 Å². The van der Waals surface area contributed by atoms with E-state index in [4.69, 9.17) is 4.74 Å². The number of ether oxygens (including phenoxy) is 1. The molecule has 0 spiro atoms. The quantitative estimate of drug-likeness (QED) is 0.231. The molecule has 0 amide bonds. The van der Waals surface area contributed by atoms with E-state index in [9.17, 15) is 46.8 Å². The van der Waals surface area contributed by atoms with Gasteiger partial charge in [-0.3, -0.25) is 0 Å². The molecule has 15 heteroatoms. The molecule has 4 rings (SSSR count). The van der Waals surface area contributed by atoms with Crippen molar-refractivity contribution in [2.75, 3.05) is 6.61 Å². The van der Waals surface area contributed by atoms with Gasteiger partial charge in [-0.15, -0.1) is 16.9 Å². The molecule has 0 aliphatic carbocycles. The summed E-state index contributed by atoms with van der Waals surface area (Å²) in [6, 6.07) is 4.60. The summed E-state index contributed by atoms with van der Waals surface area (Å²) in [5.41, 5.74) is -2.96. The maximum Gasteiger partial charge on any atom is 0.416 e. The van der Waals surface area contributed by atoms with Gasteiger partial charge in [0.25, 0.3) is 0 Å². The third kappa shape index (κ3) is 5.99. The van der Waals surface area contributed by atoms with E-state index < -0.39 is 76.9 Å². The van der Waals surface area contributed by atoms with E-state index in [1.807, 2.05) is 0 Å². The van der Waals surface area contributed by atoms with Gasteiger partial charge in [0.15, 0.2) is 17.5 Å². The Morgan fingerprint density at radius 2 is 1.73 bits per heavy atom.